The van der Waals surface area contributed by atoms with Crippen LogP contribution in [0.4, 0.5) is 5.69 Å². The van der Waals surface area contributed by atoms with Crippen molar-refractivity contribution in [2.45, 2.75) is 6.92 Å². The van der Waals surface area contributed by atoms with Crippen molar-refractivity contribution in [3.63, 3.8) is 0 Å². The van der Waals surface area contributed by atoms with Crippen LogP contribution in [0.3, 0.4) is 0 Å². The number of pyridine rings is 1. The SMILES string of the molecule is Cc1ccc2nc(Cl)c(/C=C(\C#N)C(=O)Nc3ccccc3C(=O)[O-])cc2c1. The van der Waals surface area contributed by atoms with Gasteiger partial charge in [-0.25, -0.2) is 4.98 Å². The number of carbonyl (C=O) groups excluding carboxylic acids is 2. The molecule has 3 rings (SSSR count). The summed E-state index contributed by atoms with van der Waals surface area (Å²) >= 11 is 6.19. The number of anilines is 1. The van der Waals surface area contributed by atoms with Crippen LogP contribution < -0.4 is 10.4 Å². The molecule has 0 spiro atoms. The highest BCUT2D eigenvalue weighted by Gasteiger charge is 2.14. The van der Waals surface area contributed by atoms with Crippen LogP contribution in [0, 0.1) is 18.3 Å². The van der Waals surface area contributed by atoms with Crippen molar-refractivity contribution in [1.82, 2.24) is 4.98 Å². The molecule has 0 radical (unpaired) electrons. The van der Waals surface area contributed by atoms with E-state index in [1.165, 1.54) is 24.3 Å². The molecule has 28 heavy (non-hydrogen) atoms. The van der Waals surface area contributed by atoms with Crippen molar-refractivity contribution in [2.75, 3.05) is 5.32 Å². The van der Waals surface area contributed by atoms with E-state index in [4.69, 9.17) is 11.6 Å². The number of hydrogen-bond acceptors (Lipinski definition) is 5. The zero-order chi connectivity index (χ0) is 20.3. The third kappa shape index (κ3) is 4.00. The van der Waals surface area contributed by atoms with Crippen molar-refractivity contribution in [1.29, 1.82) is 5.26 Å². The molecule has 0 aliphatic rings. The van der Waals surface area contributed by atoms with Crippen molar-refractivity contribution < 1.29 is 14.7 Å². The Hall–Kier alpha value is -3.69. The van der Waals surface area contributed by atoms with Gasteiger partial charge in [-0.2, -0.15) is 5.26 Å². The molecule has 0 saturated heterocycles. The lowest BCUT2D eigenvalue weighted by Crippen LogP contribution is -2.25. The monoisotopic (exact) mass is 390 g/mol. The fourth-order valence-corrected chi connectivity index (χ4v) is 2.85. The smallest absolute Gasteiger partial charge is 0.266 e. The van der Waals surface area contributed by atoms with Gasteiger partial charge < -0.3 is 15.2 Å². The zero-order valence-corrected chi connectivity index (χ0v) is 15.4. The van der Waals surface area contributed by atoms with Crippen LogP contribution in [0.2, 0.25) is 5.15 Å². The summed E-state index contributed by atoms with van der Waals surface area (Å²) in [4.78, 5) is 27.9. The molecule has 0 bridgehead atoms. The fourth-order valence-electron chi connectivity index (χ4n) is 2.65. The summed E-state index contributed by atoms with van der Waals surface area (Å²) in [7, 11) is 0. The summed E-state index contributed by atoms with van der Waals surface area (Å²) in [5.74, 6) is -2.20. The number of nitrogens with zero attached hydrogens (tertiary/aromatic N) is 2. The van der Waals surface area contributed by atoms with Crippen LogP contribution in [-0.4, -0.2) is 16.9 Å². The maximum atomic E-state index is 12.5. The Balaban J connectivity index is 1.97. The second-order valence-corrected chi connectivity index (χ2v) is 6.38. The molecule has 0 atom stereocenters. The Morgan fingerprint density at radius 1 is 1.21 bits per heavy atom. The Morgan fingerprint density at radius 2 is 1.96 bits per heavy atom. The predicted molar refractivity (Wildman–Crippen MR) is 104 cm³/mol. The molecule has 1 N–H and O–H groups in total. The number of aromatic carboxylic acids is 1. The van der Waals surface area contributed by atoms with Gasteiger partial charge in [-0.05, 0) is 37.3 Å². The number of hydrogen-bond donors (Lipinski definition) is 1. The molecule has 2 aromatic carbocycles. The number of benzene rings is 2. The lowest BCUT2D eigenvalue weighted by atomic mass is 10.1. The van der Waals surface area contributed by atoms with E-state index in [0.29, 0.717) is 11.1 Å². The first kappa shape index (κ1) is 19.1. The molecule has 1 amide bonds. The summed E-state index contributed by atoms with van der Waals surface area (Å²) < 4.78 is 0. The number of carboxylic acid groups (broad SMARTS) is 1. The largest absolute Gasteiger partial charge is 0.545 e. The van der Waals surface area contributed by atoms with E-state index in [1.54, 1.807) is 18.2 Å². The van der Waals surface area contributed by atoms with Gasteiger partial charge in [-0.3, -0.25) is 4.79 Å². The zero-order valence-electron chi connectivity index (χ0n) is 14.7. The van der Waals surface area contributed by atoms with Crippen LogP contribution in [0.15, 0.2) is 54.1 Å². The van der Waals surface area contributed by atoms with Gasteiger partial charge in [0.2, 0.25) is 0 Å². The van der Waals surface area contributed by atoms with Gasteiger partial charge in [0, 0.05) is 16.5 Å². The number of para-hydroxylation sites is 1. The fraction of sp³-hybridized carbons (Fsp3) is 0.0476. The van der Waals surface area contributed by atoms with Crippen molar-refractivity contribution >= 4 is 46.1 Å². The summed E-state index contributed by atoms with van der Waals surface area (Å²) in [5, 5.41) is 23.9. The summed E-state index contributed by atoms with van der Waals surface area (Å²) in [6, 6.07) is 15.0. The number of rotatable bonds is 4. The number of nitrogens with one attached hydrogen (secondary N) is 1. The highest BCUT2D eigenvalue weighted by molar-refractivity contribution is 6.31. The average Bonchev–Trinajstić information content (AvgIpc) is 2.66. The number of halogens is 1. The number of aromatic nitrogens is 1. The Bertz CT molecular complexity index is 1180. The molecule has 3 aromatic rings. The molecule has 0 saturated carbocycles. The first-order valence-corrected chi connectivity index (χ1v) is 8.57. The van der Waals surface area contributed by atoms with Crippen LogP contribution in [-0.2, 0) is 4.79 Å². The van der Waals surface area contributed by atoms with Crippen molar-refractivity contribution in [2.24, 2.45) is 0 Å². The summed E-state index contributed by atoms with van der Waals surface area (Å²) in [6.45, 7) is 1.94. The molecule has 0 aliphatic heterocycles. The Labute approximate surface area is 165 Å². The van der Waals surface area contributed by atoms with Gasteiger partial charge in [-0.15, -0.1) is 0 Å². The maximum Gasteiger partial charge on any atom is 0.266 e. The minimum Gasteiger partial charge on any atom is -0.545 e. The number of nitriles is 1. The summed E-state index contributed by atoms with van der Waals surface area (Å²) in [5.41, 5.74) is 1.73. The van der Waals surface area contributed by atoms with E-state index in [9.17, 15) is 20.0 Å². The van der Waals surface area contributed by atoms with Crippen LogP contribution in [0.5, 0.6) is 0 Å². The number of amides is 1. The average molecular weight is 391 g/mol. The maximum absolute atomic E-state index is 12.5. The Kier molecular flexibility index (Phi) is 5.39. The first-order valence-electron chi connectivity index (χ1n) is 8.19. The van der Waals surface area contributed by atoms with E-state index in [1.807, 2.05) is 25.1 Å². The number of aryl methyl sites for hydroxylation is 1. The molecule has 1 aromatic heterocycles. The highest BCUT2D eigenvalue weighted by atomic mass is 35.5. The van der Waals surface area contributed by atoms with E-state index in [2.05, 4.69) is 10.3 Å². The van der Waals surface area contributed by atoms with Gasteiger partial charge in [0.1, 0.15) is 16.8 Å². The van der Waals surface area contributed by atoms with Crippen molar-refractivity contribution in [3.05, 3.63) is 75.9 Å². The van der Waals surface area contributed by atoms with Gasteiger partial charge >= 0.3 is 0 Å². The first-order chi connectivity index (χ1) is 13.4. The van der Waals surface area contributed by atoms with Crippen LogP contribution in [0.1, 0.15) is 21.5 Å². The van der Waals surface area contributed by atoms with Gasteiger partial charge in [0.25, 0.3) is 5.91 Å². The highest BCUT2D eigenvalue weighted by Crippen LogP contribution is 2.24. The topological polar surface area (TPSA) is 106 Å². The molecule has 0 aliphatic carbocycles. The van der Waals surface area contributed by atoms with Crippen LogP contribution in [0.25, 0.3) is 17.0 Å². The molecule has 0 fully saturated rings. The third-order valence-electron chi connectivity index (χ3n) is 4.01. The van der Waals surface area contributed by atoms with Gasteiger partial charge in [-0.1, -0.05) is 41.4 Å². The standard InChI is InChI=1S/C21H14ClN3O3/c1-12-6-7-17-13(8-12)9-14(19(22)24-17)10-15(11-23)20(26)25-18-5-3-2-4-16(18)21(27)28/h2-10H,1H3,(H,25,26)(H,27,28)/p-1/b15-10+. The normalized spacial score (nSPS) is 11.1. The van der Waals surface area contributed by atoms with E-state index in [0.717, 1.165) is 10.9 Å². The summed E-state index contributed by atoms with van der Waals surface area (Å²) in [6.07, 6.45) is 1.31. The van der Waals surface area contributed by atoms with Gasteiger partial charge in [0.05, 0.1) is 17.2 Å². The van der Waals surface area contributed by atoms with E-state index in [-0.39, 0.29) is 22.0 Å². The molecule has 7 heteroatoms. The number of fused-ring (bicyclic) bond motifs is 1. The number of carbonyl (C=O) groups is 2. The van der Waals surface area contributed by atoms with E-state index >= 15 is 0 Å². The Morgan fingerprint density at radius 3 is 2.68 bits per heavy atom. The molecule has 138 valence electrons. The number of carboxylic acids is 1. The van der Waals surface area contributed by atoms with Crippen molar-refractivity contribution in [3.8, 4) is 6.07 Å². The van der Waals surface area contributed by atoms with Crippen LogP contribution >= 0.6 is 11.6 Å². The minimum atomic E-state index is -1.43. The second kappa shape index (κ2) is 7.91. The quantitative estimate of drug-likeness (QED) is 0.418. The molecule has 1 heterocycles. The van der Waals surface area contributed by atoms with Gasteiger partial charge in [0.15, 0.2) is 0 Å². The predicted octanol–water partition coefficient (Wildman–Crippen LogP) is 3.11. The molecular weight excluding hydrogens is 378 g/mol. The lowest BCUT2D eigenvalue weighted by Gasteiger charge is -2.11. The van der Waals surface area contributed by atoms with E-state index < -0.39 is 11.9 Å². The molecule has 0 unspecified atom stereocenters. The molecular formula is C21H13ClN3O3-. The minimum absolute atomic E-state index is 0.0343. The molecule has 6 nitrogen and oxygen atoms in total. The second-order valence-electron chi connectivity index (χ2n) is 6.02. The lowest BCUT2D eigenvalue weighted by molar-refractivity contribution is -0.254. The third-order valence-corrected chi connectivity index (χ3v) is 4.31.